The van der Waals surface area contributed by atoms with Crippen molar-refractivity contribution < 1.29 is 8.42 Å². The highest BCUT2D eigenvalue weighted by molar-refractivity contribution is 9.11. The zero-order valence-corrected chi connectivity index (χ0v) is 14.1. The van der Waals surface area contributed by atoms with E-state index in [9.17, 15) is 8.42 Å². The van der Waals surface area contributed by atoms with Crippen molar-refractivity contribution in [3.8, 4) is 0 Å². The highest BCUT2D eigenvalue weighted by atomic mass is 79.9. The van der Waals surface area contributed by atoms with Crippen LogP contribution in [-0.2, 0) is 10.0 Å². The second kappa shape index (κ2) is 6.49. The average Bonchev–Trinajstić information content (AvgIpc) is 2.40. The third kappa shape index (κ3) is 4.13. The first-order chi connectivity index (χ1) is 8.99. The minimum Gasteiger partial charge on any atom is -0.313 e. The zero-order valence-electron chi connectivity index (χ0n) is 10.1. The lowest BCUT2D eigenvalue weighted by atomic mass is 10.1. The third-order valence-corrected chi connectivity index (χ3v) is 5.72. The van der Waals surface area contributed by atoms with E-state index in [1.807, 2.05) is 6.08 Å². The van der Waals surface area contributed by atoms with Gasteiger partial charge in [-0.05, 0) is 47.1 Å². The van der Waals surface area contributed by atoms with Crippen molar-refractivity contribution in [2.24, 2.45) is 0 Å². The lowest BCUT2D eigenvalue weighted by Crippen LogP contribution is -2.29. The number of hydrogen-bond donors (Lipinski definition) is 2. The molecule has 2 N–H and O–H groups in total. The van der Waals surface area contributed by atoms with E-state index in [1.165, 1.54) is 0 Å². The maximum atomic E-state index is 12.2. The van der Waals surface area contributed by atoms with Crippen LogP contribution in [0.3, 0.4) is 0 Å². The van der Waals surface area contributed by atoms with E-state index in [1.54, 1.807) is 18.2 Å². The predicted molar refractivity (Wildman–Crippen MR) is 82.6 cm³/mol. The minimum atomic E-state index is -3.50. The van der Waals surface area contributed by atoms with Crippen LogP contribution in [0.15, 0.2) is 43.7 Å². The van der Waals surface area contributed by atoms with E-state index < -0.39 is 10.0 Å². The number of sulfonamides is 1. The fourth-order valence-electron chi connectivity index (χ4n) is 1.78. The molecule has 7 heteroatoms. The first-order valence-corrected chi connectivity index (χ1v) is 8.89. The van der Waals surface area contributed by atoms with E-state index in [0.29, 0.717) is 11.0 Å². The van der Waals surface area contributed by atoms with Gasteiger partial charge in [-0.3, -0.25) is 0 Å². The summed E-state index contributed by atoms with van der Waals surface area (Å²) in [4.78, 5) is 0.247. The Balaban J connectivity index is 2.13. The summed E-state index contributed by atoms with van der Waals surface area (Å²) >= 11 is 6.55. The van der Waals surface area contributed by atoms with Gasteiger partial charge in [0.25, 0.3) is 0 Å². The van der Waals surface area contributed by atoms with Crippen LogP contribution in [0.1, 0.15) is 6.42 Å². The number of hydrogen-bond acceptors (Lipinski definition) is 3. The van der Waals surface area contributed by atoms with Crippen LogP contribution in [0.5, 0.6) is 0 Å². The summed E-state index contributed by atoms with van der Waals surface area (Å²) in [6.45, 7) is 2.06. The van der Waals surface area contributed by atoms with E-state index in [4.69, 9.17) is 0 Å². The summed E-state index contributed by atoms with van der Waals surface area (Å²) in [5.41, 5.74) is 1.12. The molecule has 0 atom stereocenters. The fraction of sp³-hybridized carbons (Fsp3) is 0.333. The molecule has 2 rings (SSSR count). The molecule has 1 aromatic carbocycles. The van der Waals surface area contributed by atoms with Gasteiger partial charge in [0.15, 0.2) is 0 Å². The molecule has 0 spiro atoms. The molecule has 1 aliphatic heterocycles. The van der Waals surface area contributed by atoms with Crippen LogP contribution in [0.25, 0.3) is 0 Å². The quantitative estimate of drug-likeness (QED) is 0.750. The Morgan fingerprint density at radius 3 is 2.79 bits per heavy atom. The Hall–Kier alpha value is -0.210. The van der Waals surface area contributed by atoms with Crippen molar-refractivity contribution in [2.75, 3.05) is 19.6 Å². The maximum absolute atomic E-state index is 12.2. The minimum absolute atomic E-state index is 0.247. The summed E-state index contributed by atoms with van der Waals surface area (Å²) in [6, 6.07) is 5.09. The molecular formula is C12H14Br2N2O2S. The highest BCUT2D eigenvalue weighted by Crippen LogP contribution is 2.25. The van der Waals surface area contributed by atoms with Gasteiger partial charge in [-0.1, -0.05) is 27.6 Å². The van der Waals surface area contributed by atoms with Gasteiger partial charge in [-0.2, -0.15) is 0 Å². The average molecular weight is 410 g/mol. The van der Waals surface area contributed by atoms with E-state index in [-0.39, 0.29) is 4.90 Å². The Labute approximate surface area is 130 Å². The zero-order chi connectivity index (χ0) is 13.9. The molecule has 0 fully saturated rings. The smallest absolute Gasteiger partial charge is 0.242 e. The van der Waals surface area contributed by atoms with Gasteiger partial charge in [0.2, 0.25) is 10.0 Å². The molecule has 4 nitrogen and oxygen atoms in total. The molecule has 1 heterocycles. The first-order valence-electron chi connectivity index (χ1n) is 5.82. The molecule has 0 radical (unpaired) electrons. The molecular weight excluding hydrogens is 396 g/mol. The number of rotatable bonds is 4. The van der Waals surface area contributed by atoms with Gasteiger partial charge in [-0.25, -0.2) is 13.1 Å². The Bertz CT molecular complexity index is 600. The summed E-state index contributed by atoms with van der Waals surface area (Å²) in [5, 5.41) is 3.19. The molecule has 104 valence electrons. The van der Waals surface area contributed by atoms with Crippen LogP contribution in [0.4, 0.5) is 0 Å². The number of nitrogens with one attached hydrogen (secondary N) is 2. The molecule has 0 aromatic heterocycles. The van der Waals surface area contributed by atoms with Crippen LogP contribution >= 0.6 is 31.9 Å². The second-order valence-electron chi connectivity index (χ2n) is 4.22. The maximum Gasteiger partial charge on any atom is 0.242 e. The summed E-state index contributed by atoms with van der Waals surface area (Å²) in [6.07, 6.45) is 2.91. The lowest BCUT2D eigenvalue weighted by Gasteiger charge is -2.15. The van der Waals surface area contributed by atoms with Gasteiger partial charge in [0, 0.05) is 22.0 Å². The number of benzene rings is 1. The summed E-state index contributed by atoms with van der Waals surface area (Å²) < 4.78 is 28.4. The van der Waals surface area contributed by atoms with Crippen molar-refractivity contribution in [2.45, 2.75) is 11.3 Å². The van der Waals surface area contributed by atoms with Gasteiger partial charge >= 0.3 is 0 Å². The van der Waals surface area contributed by atoms with E-state index >= 15 is 0 Å². The van der Waals surface area contributed by atoms with E-state index in [2.05, 4.69) is 41.9 Å². The normalized spacial score (nSPS) is 16.2. The second-order valence-corrected chi connectivity index (χ2v) is 7.72. The van der Waals surface area contributed by atoms with Gasteiger partial charge < -0.3 is 5.32 Å². The number of halogens is 2. The van der Waals surface area contributed by atoms with Crippen molar-refractivity contribution in [3.05, 3.63) is 38.8 Å². The van der Waals surface area contributed by atoms with Crippen molar-refractivity contribution >= 4 is 41.9 Å². The standard InChI is InChI=1S/C12H14Br2N2O2S/c13-10-1-2-11(14)12(7-10)19(17,18)16-8-9-3-5-15-6-4-9/h1-3,7,15-16H,4-6,8H2. The molecule has 0 bridgehead atoms. The van der Waals surface area contributed by atoms with Crippen LogP contribution in [0.2, 0.25) is 0 Å². The van der Waals surface area contributed by atoms with Crippen molar-refractivity contribution in [1.82, 2.24) is 10.0 Å². The van der Waals surface area contributed by atoms with Crippen LogP contribution in [-0.4, -0.2) is 28.1 Å². The van der Waals surface area contributed by atoms with E-state index in [0.717, 1.165) is 29.6 Å². The largest absolute Gasteiger partial charge is 0.313 e. The predicted octanol–water partition coefficient (Wildman–Crippen LogP) is 2.41. The Morgan fingerprint density at radius 2 is 2.11 bits per heavy atom. The fourth-order valence-corrected chi connectivity index (χ4v) is 4.32. The monoisotopic (exact) mass is 408 g/mol. The first kappa shape index (κ1) is 15.2. The van der Waals surface area contributed by atoms with Crippen molar-refractivity contribution in [1.29, 1.82) is 0 Å². The van der Waals surface area contributed by atoms with Crippen LogP contribution in [0, 0.1) is 0 Å². The topological polar surface area (TPSA) is 58.2 Å². The van der Waals surface area contributed by atoms with Gasteiger partial charge in [0.05, 0.1) is 4.90 Å². The Morgan fingerprint density at radius 1 is 1.32 bits per heavy atom. The van der Waals surface area contributed by atoms with Gasteiger partial charge in [0.1, 0.15) is 0 Å². The molecule has 0 saturated carbocycles. The molecule has 0 unspecified atom stereocenters. The van der Waals surface area contributed by atoms with Crippen molar-refractivity contribution in [3.63, 3.8) is 0 Å². The Kier molecular flexibility index (Phi) is 5.19. The molecule has 1 aromatic rings. The lowest BCUT2D eigenvalue weighted by molar-refractivity contribution is 0.581. The molecule has 1 aliphatic rings. The van der Waals surface area contributed by atoms with Gasteiger partial charge in [-0.15, -0.1) is 0 Å². The SMILES string of the molecule is O=S(=O)(NCC1=CCNCC1)c1cc(Br)ccc1Br. The molecule has 0 saturated heterocycles. The third-order valence-electron chi connectivity index (χ3n) is 2.83. The van der Waals surface area contributed by atoms with Crippen LogP contribution < -0.4 is 10.0 Å². The molecule has 0 amide bonds. The summed E-state index contributed by atoms with van der Waals surface area (Å²) in [5.74, 6) is 0. The molecule has 0 aliphatic carbocycles. The summed E-state index contributed by atoms with van der Waals surface area (Å²) in [7, 11) is -3.50. The molecule has 19 heavy (non-hydrogen) atoms. The highest BCUT2D eigenvalue weighted by Gasteiger charge is 2.18.